The first-order valence-electron chi connectivity index (χ1n) is 7.29. The van der Waals surface area contributed by atoms with Crippen LogP contribution in [-0.2, 0) is 11.2 Å². The van der Waals surface area contributed by atoms with Crippen LogP contribution in [0.15, 0.2) is 18.2 Å². The molecule has 1 aliphatic carbocycles. The molecule has 0 saturated heterocycles. The molecule has 2 rings (SSSR count). The fraction of sp³-hybridized carbons (Fsp3) is 0.625. The van der Waals surface area contributed by atoms with Crippen molar-refractivity contribution in [3.63, 3.8) is 0 Å². The summed E-state index contributed by atoms with van der Waals surface area (Å²) in [5.74, 6) is -0.180. The number of nitrogens with one attached hydrogen (secondary N) is 1. The van der Waals surface area contributed by atoms with Gasteiger partial charge in [0, 0.05) is 25.2 Å². The molecule has 0 bridgehead atoms. The summed E-state index contributed by atoms with van der Waals surface area (Å²) in [7, 11) is 1.70. The number of benzene rings is 1. The number of methoxy groups -OCH3 is 1. The van der Waals surface area contributed by atoms with Gasteiger partial charge in [0.05, 0.1) is 6.61 Å². The van der Waals surface area contributed by atoms with Crippen molar-refractivity contribution >= 4 is 11.6 Å². The average molecular weight is 300 g/mol. The highest BCUT2D eigenvalue weighted by molar-refractivity contribution is 6.30. The number of halogens is 2. The summed E-state index contributed by atoms with van der Waals surface area (Å²) in [6.45, 7) is 2.49. The second-order valence-electron chi connectivity index (χ2n) is 5.79. The van der Waals surface area contributed by atoms with Gasteiger partial charge in [0.1, 0.15) is 5.82 Å². The summed E-state index contributed by atoms with van der Waals surface area (Å²) >= 11 is 5.82. The van der Waals surface area contributed by atoms with E-state index in [4.69, 9.17) is 16.3 Å². The Morgan fingerprint density at radius 2 is 2.10 bits per heavy atom. The van der Waals surface area contributed by atoms with Crippen molar-refractivity contribution in [2.75, 3.05) is 26.8 Å². The molecule has 0 spiro atoms. The SMILES string of the molecule is COCCNCC1(Cc2ccc(Cl)cc2F)CCCC1. The summed E-state index contributed by atoms with van der Waals surface area (Å²) < 4.78 is 19.0. The molecule has 1 aliphatic rings. The van der Waals surface area contributed by atoms with Gasteiger partial charge in [0.25, 0.3) is 0 Å². The Bertz CT molecular complexity index is 432. The normalized spacial score (nSPS) is 17.6. The summed E-state index contributed by atoms with van der Waals surface area (Å²) in [6.07, 6.45) is 5.59. The minimum absolute atomic E-state index is 0.180. The van der Waals surface area contributed by atoms with Gasteiger partial charge in [-0.1, -0.05) is 30.5 Å². The zero-order valence-corrected chi connectivity index (χ0v) is 12.8. The molecule has 4 heteroatoms. The van der Waals surface area contributed by atoms with Crippen molar-refractivity contribution in [3.8, 4) is 0 Å². The first kappa shape index (κ1) is 15.7. The maximum Gasteiger partial charge on any atom is 0.127 e. The third-order valence-corrected chi connectivity index (χ3v) is 4.46. The number of rotatable bonds is 7. The van der Waals surface area contributed by atoms with Crippen LogP contribution in [0.4, 0.5) is 4.39 Å². The Kier molecular flexibility index (Phi) is 5.82. The number of ether oxygens (including phenoxy) is 1. The van der Waals surface area contributed by atoms with Crippen LogP contribution in [0.1, 0.15) is 31.2 Å². The van der Waals surface area contributed by atoms with Crippen molar-refractivity contribution in [1.29, 1.82) is 0 Å². The zero-order chi connectivity index (χ0) is 14.4. The van der Waals surface area contributed by atoms with Gasteiger partial charge >= 0.3 is 0 Å². The van der Waals surface area contributed by atoms with Gasteiger partial charge in [-0.2, -0.15) is 0 Å². The Hall–Kier alpha value is -0.640. The molecule has 0 atom stereocenters. The molecule has 1 saturated carbocycles. The second kappa shape index (κ2) is 7.39. The molecule has 0 aliphatic heterocycles. The van der Waals surface area contributed by atoms with Crippen molar-refractivity contribution in [2.45, 2.75) is 32.1 Å². The molecule has 20 heavy (non-hydrogen) atoms. The van der Waals surface area contributed by atoms with Gasteiger partial charge in [0.2, 0.25) is 0 Å². The van der Waals surface area contributed by atoms with Crippen LogP contribution >= 0.6 is 11.6 Å². The predicted molar refractivity (Wildman–Crippen MR) is 80.8 cm³/mol. The van der Waals surface area contributed by atoms with E-state index in [0.717, 1.165) is 37.9 Å². The van der Waals surface area contributed by atoms with Crippen LogP contribution < -0.4 is 5.32 Å². The fourth-order valence-corrected chi connectivity index (χ4v) is 3.30. The Morgan fingerprint density at radius 3 is 2.75 bits per heavy atom. The topological polar surface area (TPSA) is 21.3 Å². The standard InChI is InChI=1S/C16H23ClFNO/c1-20-9-8-19-12-16(6-2-3-7-16)11-13-4-5-14(17)10-15(13)18/h4-5,10,19H,2-3,6-9,11-12H2,1H3. The summed E-state index contributed by atoms with van der Waals surface area (Å²) in [5, 5.41) is 3.91. The first-order valence-corrected chi connectivity index (χ1v) is 7.67. The van der Waals surface area contributed by atoms with Gasteiger partial charge < -0.3 is 10.1 Å². The lowest BCUT2D eigenvalue weighted by Gasteiger charge is -2.30. The number of hydrogen-bond acceptors (Lipinski definition) is 2. The molecule has 1 N–H and O–H groups in total. The van der Waals surface area contributed by atoms with Crippen molar-refractivity contribution in [3.05, 3.63) is 34.6 Å². The van der Waals surface area contributed by atoms with Crippen LogP contribution in [0, 0.1) is 11.2 Å². The lowest BCUT2D eigenvalue weighted by atomic mass is 9.79. The van der Waals surface area contributed by atoms with Crippen molar-refractivity contribution in [2.24, 2.45) is 5.41 Å². The highest BCUT2D eigenvalue weighted by Gasteiger charge is 2.34. The number of hydrogen-bond donors (Lipinski definition) is 1. The molecule has 2 nitrogen and oxygen atoms in total. The van der Waals surface area contributed by atoms with Crippen LogP contribution in [0.25, 0.3) is 0 Å². The van der Waals surface area contributed by atoms with Crippen LogP contribution in [0.5, 0.6) is 0 Å². The van der Waals surface area contributed by atoms with Gasteiger partial charge in [0.15, 0.2) is 0 Å². The molecular weight excluding hydrogens is 277 g/mol. The molecule has 1 aromatic rings. The quantitative estimate of drug-likeness (QED) is 0.773. The molecule has 1 fully saturated rings. The van der Waals surface area contributed by atoms with E-state index in [1.54, 1.807) is 13.2 Å². The van der Waals surface area contributed by atoms with E-state index in [9.17, 15) is 4.39 Å². The van der Waals surface area contributed by atoms with E-state index in [0.29, 0.717) is 11.6 Å². The van der Waals surface area contributed by atoms with Crippen LogP contribution in [-0.4, -0.2) is 26.8 Å². The van der Waals surface area contributed by atoms with Gasteiger partial charge in [-0.25, -0.2) is 4.39 Å². The van der Waals surface area contributed by atoms with Crippen LogP contribution in [0.3, 0.4) is 0 Å². The fourth-order valence-electron chi connectivity index (χ4n) is 3.14. The lowest BCUT2D eigenvalue weighted by Crippen LogP contribution is -2.35. The van der Waals surface area contributed by atoms with Gasteiger partial charge in [-0.15, -0.1) is 0 Å². The van der Waals surface area contributed by atoms with Gasteiger partial charge in [-0.05, 0) is 42.4 Å². The Balaban J connectivity index is 2.01. The molecule has 0 radical (unpaired) electrons. The third-order valence-electron chi connectivity index (χ3n) is 4.23. The zero-order valence-electron chi connectivity index (χ0n) is 12.1. The molecule has 112 valence electrons. The minimum atomic E-state index is -0.180. The summed E-state index contributed by atoms with van der Waals surface area (Å²) in [6, 6.07) is 5.02. The Morgan fingerprint density at radius 1 is 1.35 bits per heavy atom. The smallest absolute Gasteiger partial charge is 0.127 e. The van der Waals surface area contributed by atoms with Crippen molar-refractivity contribution in [1.82, 2.24) is 5.32 Å². The summed E-state index contributed by atoms with van der Waals surface area (Å²) in [4.78, 5) is 0. The second-order valence-corrected chi connectivity index (χ2v) is 6.23. The summed E-state index contributed by atoms with van der Waals surface area (Å²) in [5.41, 5.74) is 0.965. The molecule has 0 aromatic heterocycles. The highest BCUT2D eigenvalue weighted by Crippen LogP contribution is 2.41. The third kappa shape index (κ3) is 4.18. The predicted octanol–water partition coefficient (Wildman–Crippen LogP) is 3.82. The molecule has 1 aromatic carbocycles. The lowest BCUT2D eigenvalue weighted by molar-refractivity contribution is 0.189. The highest BCUT2D eigenvalue weighted by atomic mass is 35.5. The maximum atomic E-state index is 14.0. The van der Waals surface area contributed by atoms with Crippen molar-refractivity contribution < 1.29 is 9.13 Å². The van der Waals surface area contributed by atoms with E-state index in [1.165, 1.54) is 18.9 Å². The molecule has 0 amide bonds. The molecule has 0 unspecified atom stereocenters. The molecular formula is C16H23ClFNO. The van der Waals surface area contributed by atoms with Gasteiger partial charge in [-0.3, -0.25) is 0 Å². The van der Waals surface area contributed by atoms with E-state index in [2.05, 4.69) is 5.32 Å². The van der Waals surface area contributed by atoms with E-state index >= 15 is 0 Å². The maximum absolute atomic E-state index is 14.0. The molecule has 0 heterocycles. The monoisotopic (exact) mass is 299 g/mol. The van der Waals surface area contributed by atoms with E-state index in [-0.39, 0.29) is 11.2 Å². The minimum Gasteiger partial charge on any atom is -0.383 e. The Labute approximate surface area is 125 Å². The van der Waals surface area contributed by atoms with Crippen LogP contribution in [0.2, 0.25) is 5.02 Å². The van der Waals surface area contributed by atoms with E-state index < -0.39 is 0 Å². The first-order chi connectivity index (χ1) is 9.65. The van der Waals surface area contributed by atoms with E-state index in [1.807, 2.05) is 6.07 Å². The largest absolute Gasteiger partial charge is 0.383 e. The average Bonchev–Trinajstić information content (AvgIpc) is 2.87.